The number of benzene rings is 2. The van der Waals surface area contributed by atoms with Crippen LogP contribution in [0.3, 0.4) is 0 Å². The third kappa shape index (κ3) is 3.75. The average Bonchev–Trinajstić information content (AvgIpc) is 2.50. The standard InChI is InChI=1S/C16H18O4S/c17-9-8-16(21(19)20)14(11-18)10-13-6-3-5-12-4-1-2-7-15(12)13/h1-7,11,14,16-17H,8-10H2,(H,19,20). The number of aliphatic hydroxyl groups excluding tert-OH is 1. The molecule has 0 aromatic heterocycles. The number of aliphatic hydroxyl groups is 1. The van der Waals surface area contributed by atoms with Gasteiger partial charge in [0.15, 0.2) is 11.1 Å². The molecule has 0 amide bonds. The lowest BCUT2D eigenvalue weighted by atomic mass is 9.92. The van der Waals surface area contributed by atoms with Crippen molar-refractivity contribution >= 4 is 28.1 Å². The van der Waals surface area contributed by atoms with Crippen LogP contribution >= 0.6 is 0 Å². The Bertz CT molecular complexity index is 636. The highest BCUT2D eigenvalue weighted by atomic mass is 32.2. The molecule has 0 aliphatic heterocycles. The molecule has 2 rings (SSSR count). The predicted molar refractivity (Wildman–Crippen MR) is 83.5 cm³/mol. The zero-order valence-corrected chi connectivity index (χ0v) is 12.3. The Morgan fingerprint density at radius 2 is 1.86 bits per heavy atom. The Balaban J connectivity index is 2.32. The molecule has 4 nitrogen and oxygen atoms in total. The third-order valence-corrected chi connectivity index (χ3v) is 4.76. The van der Waals surface area contributed by atoms with Gasteiger partial charge < -0.3 is 14.5 Å². The molecule has 0 fully saturated rings. The molecule has 0 radical (unpaired) electrons. The van der Waals surface area contributed by atoms with Crippen LogP contribution in [0.2, 0.25) is 0 Å². The third-order valence-electron chi connectivity index (χ3n) is 3.66. The largest absolute Gasteiger partial charge is 0.396 e. The second-order valence-corrected chi connectivity index (χ2v) is 6.13. The van der Waals surface area contributed by atoms with Crippen LogP contribution in [-0.4, -0.2) is 32.0 Å². The van der Waals surface area contributed by atoms with Gasteiger partial charge in [-0.25, -0.2) is 4.21 Å². The van der Waals surface area contributed by atoms with Crippen molar-refractivity contribution in [1.29, 1.82) is 0 Å². The van der Waals surface area contributed by atoms with E-state index in [2.05, 4.69) is 0 Å². The van der Waals surface area contributed by atoms with Gasteiger partial charge in [-0.15, -0.1) is 0 Å². The smallest absolute Gasteiger partial charge is 0.156 e. The Morgan fingerprint density at radius 1 is 1.14 bits per heavy atom. The number of carbonyl (C=O) groups is 1. The number of carbonyl (C=O) groups excluding carboxylic acids is 1. The fourth-order valence-corrected chi connectivity index (χ4v) is 3.35. The van der Waals surface area contributed by atoms with E-state index < -0.39 is 22.2 Å². The Kier molecular flexibility index (Phi) is 5.61. The quantitative estimate of drug-likeness (QED) is 0.607. The number of hydrogen-bond acceptors (Lipinski definition) is 3. The van der Waals surface area contributed by atoms with Gasteiger partial charge in [-0.1, -0.05) is 42.5 Å². The van der Waals surface area contributed by atoms with Crippen LogP contribution in [0.5, 0.6) is 0 Å². The number of hydrogen-bond donors (Lipinski definition) is 2. The number of fused-ring (bicyclic) bond motifs is 1. The lowest BCUT2D eigenvalue weighted by molar-refractivity contribution is -0.111. The van der Waals surface area contributed by atoms with Crippen LogP contribution in [0.15, 0.2) is 42.5 Å². The van der Waals surface area contributed by atoms with Crippen molar-refractivity contribution in [2.24, 2.45) is 5.92 Å². The van der Waals surface area contributed by atoms with Gasteiger partial charge in [-0.05, 0) is 29.2 Å². The van der Waals surface area contributed by atoms with Crippen molar-refractivity contribution < 1.29 is 18.7 Å². The lowest BCUT2D eigenvalue weighted by Gasteiger charge is -2.19. The SMILES string of the molecule is O=CC(Cc1cccc2ccccc12)C(CCO)S(=O)O. The van der Waals surface area contributed by atoms with Gasteiger partial charge in [-0.3, -0.25) is 0 Å². The summed E-state index contributed by atoms with van der Waals surface area (Å²) in [6.45, 7) is -0.211. The molecule has 2 aromatic rings. The highest BCUT2D eigenvalue weighted by Gasteiger charge is 2.26. The van der Waals surface area contributed by atoms with Gasteiger partial charge in [0.05, 0.1) is 5.25 Å². The summed E-state index contributed by atoms with van der Waals surface area (Å²) >= 11 is -2.13. The molecule has 21 heavy (non-hydrogen) atoms. The highest BCUT2D eigenvalue weighted by Crippen LogP contribution is 2.24. The minimum Gasteiger partial charge on any atom is -0.396 e. The Labute approximate surface area is 126 Å². The molecule has 0 aliphatic rings. The average molecular weight is 306 g/mol. The molecular formula is C16H18O4S. The number of rotatable bonds is 7. The first kappa shape index (κ1) is 15.8. The molecule has 2 N–H and O–H groups in total. The molecule has 0 spiro atoms. The van der Waals surface area contributed by atoms with Crippen LogP contribution in [-0.2, 0) is 22.3 Å². The number of aldehydes is 1. The molecule has 3 atom stereocenters. The summed E-state index contributed by atoms with van der Waals surface area (Å²) < 4.78 is 20.7. The van der Waals surface area contributed by atoms with Gasteiger partial charge in [0.1, 0.15) is 6.29 Å². The van der Waals surface area contributed by atoms with E-state index in [1.54, 1.807) is 0 Å². The molecule has 0 heterocycles. The maximum atomic E-state index is 11.4. The van der Waals surface area contributed by atoms with Gasteiger partial charge >= 0.3 is 0 Å². The van der Waals surface area contributed by atoms with E-state index in [-0.39, 0.29) is 13.0 Å². The second-order valence-electron chi connectivity index (χ2n) is 4.97. The predicted octanol–water partition coefficient (Wildman–Crippen LogP) is 2.17. The molecule has 0 saturated heterocycles. The van der Waals surface area contributed by atoms with Gasteiger partial charge in [0.25, 0.3) is 0 Å². The fourth-order valence-electron chi connectivity index (χ4n) is 2.58. The minimum atomic E-state index is -2.13. The minimum absolute atomic E-state index is 0.136. The van der Waals surface area contributed by atoms with Crippen LogP contribution in [0.4, 0.5) is 0 Å². The summed E-state index contributed by atoms with van der Waals surface area (Å²) in [6.07, 6.45) is 1.25. The van der Waals surface area contributed by atoms with E-state index in [9.17, 15) is 13.6 Å². The first-order valence-corrected chi connectivity index (χ1v) is 7.96. The van der Waals surface area contributed by atoms with Crippen molar-refractivity contribution in [2.75, 3.05) is 6.61 Å². The highest BCUT2D eigenvalue weighted by molar-refractivity contribution is 7.79. The van der Waals surface area contributed by atoms with Gasteiger partial charge in [0.2, 0.25) is 0 Å². The zero-order valence-electron chi connectivity index (χ0n) is 11.5. The van der Waals surface area contributed by atoms with E-state index in [0.29, 0.717) is 6.42 Å². The topological polar surface area (TPSA) is 74.6 Å². The fraction of sp³-hybridized carbons (Fsp3) is 0.312. The van der Waals surface area contributed by atoms with E-state index in [1.807, 2.05) is 42.5 Å². The molecule has 112 valence electrons. The molecule has 0 aliphatic carbocycles. The summed E-state index contributed by atoms with van der Waals surface area (Å²) in [6, 6.07) is 13.7. The molecule has 3 unspecified atom stereocenters. The normalized spacial score (nSPS) is 15.5. The van der Waals surface area contributed by atoms with Crippen molar-refractivity contribution in [3.63, 3.8) is 0 Å². The van der Waals surface area contributed by atoms with Crippen LogP contribution in [0.1, 0.15) is 12.0 Å². The second kappa shape index (κ2) is 7.45. The van der Waals surface area contributed by atoms with Crippen molar-refractivity contribution in [1.82, 2.24) is 0 Å². The summed E-state index contributed by atoms with van der Waals surface area (Å²) in [4.78, 5) is 11.3. The summed E-state index contributed by atoms with van der Waals surface area (Å²) in [5.74, 6) is -0.589. The van der Waals surface area contributed by atoms with E-state index in [4.69, 9.17) is 5.11 Å². The first-order chi connectivity index (χ1) is 10.2. The lowest BCUT2D eigenvalue weighted by Crippen LogP contribution is -2.29. The maximum Gasteiger partial charge on any atom is 0.156 e. The van der Waals surface area contributed by atoms with E-state index in [1.165, 1.54) is 0 Å². The summed E-state index contributed by atoms with van der Waals surface area (Å²) in [7, 11) is 0. The molecule has 5 heteroatoms. The van der Waals surface area contributed by atoms with Gasteiger partial charge in [-0.2, -0.15) is 0 Å². The van der Waals surface area contributed by atoms with E-state index >= 15 is 0 Å². The van der Waals surface area contributed by atoms with Gasteiger partial charge in [0, 0.05) is 12.5 Å². The van der Waals surface area contributed by atoms with Crippen LogP contribution < -0.4 is 0 Å². The summed E-state index contributed by atoms with van der Waals surface area (Å²) in [5.41, 5.74) is 0.971. The van der Waals surface area contributed by atoms with E-state index in [0.717, 1.165) is 22.6 Å². The Hall–Kier alpha value is -1.56. The zero-order chi connectivity index (χ0) is 15.2. The molecule has 2 aromatic carbocycles. The van der Waals surface area contributed by atoms with Crippen LogP contribution in [0.25, 0.3) is 10.8 Å². The van der Waals surface area contributed by atoms with Crippen molar-refractivity contribution in [3.05, 3.63) is 48.0 Å². The molecular weight excluding hydrogens is 288 g/mol. The first-order valence-electron chi connectivity index (χ1n) is 6.79. The van der Waals surface area contributed by atoms with Crippen molar-refractivity contribution in [2.45, 2.75) is 18.1 Å². The van der Waals surface area contributed by atoms with Crippen LogP contribution in [0, 0.1) is 5.92 Å². The molecule has 0 bridgehead atoms. The molecule has 0 saturated carbocycles. The Morgan fingerprint density at radius 3 is 2.52 bits per heavy atom. The summed E-state index contributed by atoms with van der Waals surface area (Å²) in [5, 5.41) is 10.4. The maximum absolute atomic E-state index is 11.4. The van der Waals surface area contributed by atoms with Crippen molar-refractivity contribution in [3.8, 4) is 0 Å². The monoisotopic (exact) mass is 306 g/mol.